The molecule has 0 saturated carbocycles. The highest BCUT2D eigenvalue weighted by molar-refractivity contribution is 6.31. The van der Waals surface area contributed by atoms with Crippen LogP contribution in [-0.4, -0.2) is 11.9 Å². The number of rotatable bonds is 5. The highest BCUT2D eigenvalue weighted by Gasteiger charge is 2.08. The fraction of sp³-hybridized carbons (Fsp3) is 0.250. The lowest BCUT2D eigenvalue weighted by Gasteiger charge is -2.19. The minimum Gasteiger partial charge on any atom is -0.326 e. The smallest absolute Gasteiger partial charge is 0.123 e. The van der Waals surface area contributed by atoms with E-state index in [1.807, 2.05) is 31.3 Å². The maximum Gasteiger partial charge on any atom is 0.123 e. The van der Waals surface area contributed by atoms with E-state index in [0.717, 1.165) is 28.3 Å². The summed E-state index contributed by atoms with van der Waals surface area (Å²) in [7, 11) is 2.01. The van der Waals surface area contributed by atoms with E-state index in [9.17, 15) is 4.39 Å². The lowest BCUT2D eigenvalue weighted by Crippen LogP contribution is -2.19. The fourth-order valence-corrected chi connectivity index (χ4v) is 2.40. The zero-order valence-corrected chi connectivity index (χ0v) is 12.2. The second-order valence-electron chi connectivity index (χ2n) is 4.88. The number of nitrogens with zero attached hydrogens (tertiary/aromatic N) is 1. The summed E-state index contributed by atoms with van der Waals surface area (Å²) in [5.74, 6) is -0.247. The molecule has 0 aliphatic heterocycles. The van der Waals surface area contributed by atoms with E-state index in [1.54, 1.807) is 6.07 Å². The number of hydrogen-bond acceptors (Lipinski definition) is 2. The Morgan fingerprint density at radius 1 is 1.05 bits per heavy atom. The summed E-state index contributed by atoms with van der Waals surface area (Å²) in [6.45, 7) is 1.78. The van der Waals surface area contributed by atoms with Gasteiger partial charge in [0.2, 0.25) is 0 Å². The zero-order valence-electron chi connectivity index (χ0n) is 11.4. The van der Waals surface area contributed by atoms with Crippen LogP contribution >= 0.6 is 11.6 Å². The second-order valence-corrected chi connectivity index (χ2v) is 5.29. The molecule has 0 heterocycles. The summed E-state index contributed by atoms with van der Waals surface area (Å²) in [6.07, 6.45) is 0. The Morgan fingerprint density at radius 2 is 1.75 bits per heavy atom. The summed E-state index contributed by atoms with van der Waals surface area (Å²) in [4.78, 5) is 2.13. The van der Waals surface area contributed by atoms with Gasteiger partial charge in [0.05, 0.1) is 0 Å². The van der Waals surface area contributed by atoms with Gasteiger partial charge in [-0.1, -0.05) is 35.9 Å². The van der Waals surface area contributed by atoms with Crippen LogP contribution in [0.4, 0.5) is 4.39 Å². The first-order valence-corrected chi connectivity index (χ1v) is 6.87. The van der Waals surface area contributed by atoms with Gasteiger partial charge in [-0.25, -0.2) is 4.39 Å². The molecule has 2 rings (SSSR count). The van der Waals surface area contributed by atoms with Crippen LogP contribution in [0.1, 0.15) is 16.7 Å². The molecule has 2 aromatic carbocycles. The number of nitrogens with two attached hydrogens (primary N) is 1. The number of halogens is 2. The predicted molar refractivity (Wildman–Crippen MR) is 80.9 cm³/mol. The van der Waals surface area contributed by atoms with Gasteiger partial charge in [-0.2, -0.15) is 0 Å². The van der Waals surface area contributed by atoms with Crippen molar-refractivity contribution >= 4 is 11.6 Å². The van der Waals surface area contributed by atoms with Gasteiger partial charge in [0.15, 0.2) is 0 Å². The monoisotopic (exact) mass is 292 g/mol. The molecule has 2 nitrogen and oxygen atoms in total. The SMILES string of the molecule is CN(Cc1ccccc1Cl)Cc1ccc(F)cc1CN. The minimum atomic E-state index is -0.247. The average molecular weight is 293 g/mol. The Balaban J connectivity index is 2.08. The molecular weight excluding hydrogens is 275 g/mol. The first kappa shape index (κ1) is 15.0. The van der Waals surface area contributed by atoms with Crippen LogP contribution in [0.25, 0.3) is 0 Å². The van der Waals surface area contributed by atoms with E-state index in [1.165, 1.54) is 12.1 Å². The highest BCUT2D eigenvalue weighted by atomic mass is 35.5. The van der Waals surface area contributed by atoms with Crippen molar-refractivity contribution in [2.75, 3.05) is 7.05 Å². The summed E-state index contributed by atoms with van der Waals surface area (Å²) in [6, 6.07) is 12.5. The fourth-order valence-electron chi connectivity index (χ4n) is 2.20. The van der Waals surface area contributed by atoms with Crippen LogP contribution in [0.15, 0.2) is 42.5 Å². The Bertz CT molecular complexity index is 586. The predicted octanol–water partition coefficient (Wildman–Crippen LogP) is 3.57. The summed E-state index contributed by atoms with van der Waals surface area (Å²) in [5, 5.41) is 0.762. The van der Waals surface area contributed by atoms with Gasteiger partial charge in [0.1, 0.15) is 5.82 Å². The van der Waals surface area contributed by atoms with E-state index < -0.39 is 0 Å². The molecule has 2 N–H and O–H groups in total. The van der Waals surface area contributed by atoms with Gasteiger partial charge < -0.3 is 5.73 Å². The van der Waals surface area contributed by atoms with Gasteiger partial charge in [0, 0.05) is 24.7 Å². The van der Waals surface area contributed by atoms with E-state index in [4.69, 9.17) is 17.3 Å². The third-order valence-corrected chi connectivity index (χ3v) is 3.60. The van der Waals surface area contributed by atoms with Crippen molar-refractivity contribution < 1.29 is 4.39 Å². The lowest BCUT2D eigenvalue weighted by atomic mass is 10.1. The van der Waals surface area contributed by atoms with Crippen LogP contribution in [0.5, 0.6) is 0 Å². The van der Waals surface area contributed by atoms with Gasteiger partial charge in [0.25, 0.3) is 0 Å². The molecule has 0 saturated heterocycles. The molecule has 0 aliphatic carbocycles. The van der Waals surface area contributed by atoms with Crippen molar-refractivity contribution in [3.8, 4) is 0 Å². The van der Waals surface area contributed by atoms with Crippen LogP contribution < -0.4 is 5.73 Å². The quantitative estimate of drug-likeness (QED) is 0.913. The summed E-state index contributed by atoms with van der Waals surface area (Å²) in [5.41, 5.74) is 8.63. The summed E-state index contributed by atoms with van der Waals surface area (Å²) < 4.78 is 13.2. The topological polar surface area (TPSA) is 29.3 Å². The van der Waals surface area contributed by atoms with Crippen molar-refractivity contribution in [1.29, 1.82) is 0 Å². The molecule has 2 aromatic rings. The Morgan fingerprint density at radius 3 is 2.45 bits per heavy atom. The molecule has 0 fully saturated rings. The molecule has 0 radical (unpaired) electrons. The Labute approximate surface area is 124 Å². The van der Waals surface area contributed by atoms with Gasteiger partial charge in [-0.3, -0.25) is 4.90 Å². The normalized spacial score (nSPS) is 11.1. The molecule has 0 spiro atoms. The van der Waals surface area contributed by atoms with Gasteiger partial charge in [-0.15, -0.1) is 0 Å². The molecule has 106 valence electrons. The van der Waals surface area contributed by atoms with Crippen LogP contribution in [0, 0.1) is 5.82 Å². The molecule has 0 aromatic heterocycles. The first-order chi connectivity index (χ1) is 9.60. The van der Waals surface area contributed by atoms with Crippen molar-refractivity contribution in [3.63, 3.8) is 0 Å². The van der Waals surface area contributed by atoms with Crippen molar-refractivity contribution in [2.24, 2.45) is 5.73 Å². The lowest BCUT2D eigenvalue weighted by molar-refractivity contribution is 0.318. The molecule has 0 amide bonds. The second kappa shape index (κ2) is 6.84. The van der Waals surface area contributed by atoms with Gasteiger partial charge in [-0.05, 0) is 41.9 Å². The molecule has 20 heavy (non-hydrogen) atoms. The molecule has 4 heteroatoms. The maximum absolute atomic E-state index is 13.2. The van der Waals surface area contributed by atoms with Crippen molar-refractivity contribution in [1.82, 2.24) is 4.90 Å². The van der Waals surface area contributed by atoms with Crippen molar-refractivity contribution in [3.05, 3.63) is 70.0 Å². The molecular formula is C16H18ClFN2. The number of hydrogen-bond donors (Lipinski definition) is 1. The van der Waals surface area contributed by atoms with E-state index in [2.05, 4.69) is 4.90 Å². The highest BCUT2D eigenvalue weighted by Crippen LogP contribution is 2.18. The third kappa shape index (κ3) is 3.79. The Hall–Kier alpha value is -1.42. The van der Waals surface area contributed by atoms with Crippen LogP contribution in [-0.2, 0) is 19.6 Å². The first-order valence-electron chi connectivity index (χ1n) is 6.49. The zero-order chi connectivity index (χ0) is 14.5. The average Bonchev–Trinajstić information content (AvgIpc) is 2.43. The maximum atomic E-state index is 13.2. The molecule has 0 atom stereocenters. The largest absolute Gasteiger partial charge is 0.326 e. The van der Waals surface area contributed by atoms with Crippen molar-refractivity contribution in [2.45, 2.75) is 19.6 Å². The van der Waals surface area contributed by atoms with Gasteiger partial charge >= 0.3 is 0 Å². The van der Waals surface area contributed by atoms with Crippen LogP contribution in [0.2, 0.25) is 5.02 Å². The molecule has 0 aliphatic rings. The third-order valence-electron chi connectivity index (χ3n) is 3.23. The van der Waals surface area contributed by atoms with E-state index >= 15 is 0 Å². The van der Waals surface area contributed by atoms with Crippen LogP contribution in [0.3, 0.4) is 0 Å². The minimum absolute atomic E-state index is 0.247. The Kier molecular flexibility index (Phi) is 5.12. The molecule has 0 bridgehead atoms. The molecule has 0 unspecified atom stereocenters. The summed E-state index contributed by atoms with van der Waals surface area (Å²) >= 11 is 6.15. The van der Waals surface area contributed by atoms with E-state index in [-0.39, 0.29) is 5.82 Å². The van der Waals surface area contributed by atoms with E-state index in [0.29, 0.717) is 13.1 Å². The standard InChI is InChI=1S/C16H18ClFN2/c1-20(11-13-4-2-3-5-16(13)17)10-12-6-7-15(18)8-14(12)9-19/h2-8H,9-11,19H2,1H3. The number of benzene rings is 2.